The Morgan fingerprint density at radius 3 is 2.68 bits per heavy atom. The van der Waals surface area contributed by atoms with Crippen molar-refractivity contribution in [2.75, 3.05) is 6.61 Å². The highest BCUT2D eigenvalue weighted by Gasteiger charge is 2.17. The topological polar surface area (TPSA) is 109 Å². The largest absolute Gasteiger partial charge is 0.490 e. The van der Waals surface area contributed by atoms with Crippen LogP contribution in [0.15, 0.2) is 81.6 Å². The molecule has 0 N–H and O–H groups in total. The Labute approximate surface area is 246 Å². The lowest BCUT2D eigenvalue weighted by molar-refractivity contribution is -0.384. The van der Waals surface area contributed by atoms with Crippen LogP contribution in [-0.2, 0) is 13.0 Å². The molecule has 4 aromatic rings. The maximum atomic E-state index is 13.5. The first-order valence-electron chi connectivity index (χ1n) is 13.3. The molecule has 10 heteroatoms. The number of nitro groups is 1. The molecule has 0 bridgehead atoms. The zero-order chi connectivity index (χ0) is 29.5. The molecule has 0 saturated heterocycles. The molecule has 1 aromatic heterocycles. The summed E-state index contributed by atoms with van der Waals surface area (Å²) in [6, 6.07) is 15.4. The Hall–Kier alpha value is -4.31. The second kappa shape index (κ2) is 13.4. The standard InChI is InChI=1S/C31H31BrN4O5/c1-5-9-23-14-22(16-28(40-7-3)29(23)41-19-21-10-8-11-25(15-21)36(38)39)18-33-35-30(20(4)6-2)34-27-13-12-24(32)17-26(27)31(35)37/h5,8,10-18,20H,1,6-7,9,19H2,2-4H3/t20-/m0/s1. The average molecular weight is 620 g/mol. The predicted octanol–water partition coefficient (Wildman–Crippen LogP) is 7.17. The van der Waals surface area contributed by atoms with Crippen molar-refractivity contribution in [3.8, 4) is 11.5 Å². The second-order valence-electron chi connectivity index (χ2n) is 9.45. The second-order valence-corrected chi connectivity index (χ2v) is 10.4. The number of benzene rings is 3. The lowest BCUT2D eigenvalue weighted by Gasteiger charge is -2.17. The highest BCUT2D eigenvalue weighted by atomic mass is 79.9. The van der Waals surface area contributed by atoms with Gasteiger partial charge < -0.3 is 9.47 Å². The number of hydrogen-bond donors (Lipinski definition) is 0. The number of fused-ring (bicyclic) bond motifs is 1. The smallest absolute Gasteiger partial charge is 0.282 e. The van der Waals surface area contributed by atoms with Crippen molar-refractivity contribution in [3.05, 3.63) is 115 Å². The van der Waals surface area contributed by atoms with Crippen LogP contribution in [0.3, 0.4) is 0 Å². The predicted molar refractivity (Wildman–Crippen MR) is 164 cm³/mol. The van der Waals surface area contributed by atoms with Gasteiger partial charge in [0.1, 0.15) is 12.4 Å². The molecule has 0 aliphatic heterocycles. The molecular formula is C31H31BrN4O5. The van der Waals surface area contributed by atoms with Crippen LogP contribution < -0.4 is 15.0 Å². The van der Waals surface area contributed by atoms with Crippen molar-refractivity contribution >= 4 is 38.7 Å². The first-order chi connectivity index (χ1) is 19.7. The Bertz CT molecular complexity index is 1680. The molecule has 1 heterocycles. The number of hydrogen-bond acceptors (Lipinski definition) is 7. The summed E-state index contributed by atoms with van der Waals surface area (Å²) in [6.07, 6.45) is 4.63. The van der Waals surface area contributed by atoms with Crippen molar-refractivity contribution in [2.45, 2.75) is 46.1 Å². The fourth-order valence-electron chi connectivity index (χ4n) is 4.31. The van der Waals surface area contributed by atoms with E-state index >= 15 is 0 Å². The average Bonchev–Trinajstić information content (AvgIpc) is 2.96. The molecule has 1 atom stereocenters. The van der Waals surface area contributed by atoms with Crippen molar-refractivity contribution in [3.63, 3.8) is 0 Å². The monoisotopic (exact) mass is 618 g/mol. The summed E-state index contributed by atoms with van der Waals surface area (Å²) in [5, 5.41) is 16.2. The normalized spacial score (nSPS) is 12.0. The molecular weight excluding hydrogens is 588 g/mol. The Morgan fingerprint density at radius 1 is 1.17 bits per heavy atom. The highest BCUT2D eigenvalue weighted by Crippen LogP contribution is 2.34. The SMILES string of the molecule is C=CCc1cc(C=Nn2c([C@@H](C)CC)nc3ccc(Br)cc3c2=O)cc(OCC)c1OCc1cccc([N+](=O)[O-])c1. The van der Waals surface area contributed by atoms with Gasteiger partial charge >= 0.3 is 0 Å². The van der Waals surface area contributed by atoms with Crippen LogP contribution in [0, 0.1) is 10.1 Å². The van der Waals surface area contributed by atoms with Crippen LogP contribution in [0.5, 0.6) is 11.5 Å². The van der Waals surface area contributed by atoms with Gasteiger partial charge in [-0.3, -0.25) is 14.9 Å². The summed E-state index contributed by atoms with van der Waals surface area (Å²) >= 11 is 3.44. The van der Waals surface area contributed by atoms with Gasteiger partial charge in [0.15, 0.2) is 11.5 Å². The summed E-state index contributed by atoms with van der Waals surface area (Å²) in [4.78, 5) is 29.0. The van der Waals surface area contributed by atoms with Crippen LogP contribution in [0.4, 0.5) is 5.69 Å². The maximum absolute atomic E-state index is 13.5. The Kier molecular flexibility index (Phi) is 9.67. The minimum Gasteiger partial charge on any atom is -0.490 e. The number of halogens is 1. The third-order valence-electron chi connectivity index (χ3n) is 6.53. The van der Waals surface area contributed by atoms with E-state index in [-0.39, 0.29) is 23.8 Å². The molecule has 0 radical (unpaired) electrons. The Balaban J connectivity index is 1.75. The van der Waals surface area contributed by atoms with Gasteiger partial charge in [-0.1, -0.05) is 48.0 Å². The maximum Gasteiger partial charge on any atom is 0.282 e. The van der Waals surface area contributed by atoms with Crippen LogP contribution in [0.1, 0.15) is 55.6 Å². The van der Waals surface area contributed by atoms with Gasteiger partial charge in [0.25, 0.3) is 11.2 Å². The molecule has 0 unspecified atom stereocenters. The lowest BCUT2D eigenvalue weighted by atomic mass is 10.1. The molecule has 0 saturated carbocycles. The number of allylic oxidation sites excluding steroid dienone is 1. The van der Waals surface area contributed by atoms with E-state index in [0.29, 0.717) is 52.4 Å². The number of nitrogens with zero attached hydrogens (tertiary/aromatic N) is 4. The van der Waals surface area contributed by atoms with Gasteiger partial charge in [-0.15, -0.1) is 6.58 Å². The third-order valence-corrected chi connectivity index (χ3v) is 7.02. The molecule has 0 fully saturated rings. The molecule has 4 rings (SSSR count). The van der Waals surface area contributed by atoms with Gasteiger partial charge in [-0.2, -0.15) is 9.78 Å². The van der Waals surface area contributed by atoms with Crippen molar-refractivity contribution in [1.82, 2.24) is 9.66 Å². The molecule has 41 heavy (non-hydrogen) atoms. The number of rotatable bonds is 12. The molecule has 0 aliphatic rings. The van der Waals surface area contributed by atoms with E-state index in [1.165, 1.54) is 16.8 Å². The van der Waals surface area contributed by atoms with E-state index in [2.05, 4.69) is 27.6 Å². The molecule has 0 aliphatic carbocycles. The number of ether oxygens (including phenoxy) is 2. The van der Waals surface area contributed by atoms with Gasteiger partial charge in [0, 0.05) is 28.1 Å². The third kappa shape index (κ3) is 6.89. The molecule has 212 valence electrons. The molecule has 0 spiro atoms. The van der Waals surface area contributed by atoms with Crippen molar-refractivity contribution < 1.29 is 14.4 Å². The lowest BCUT2D eigenvalue weighted by Crippen LogP contribution is -2.23. The summed E-state index contributed by atoms with van der Waals surface area (Å²) < 4.78 is 14.2. The number of non-ortho nitro benzene ring substituents is 1. The first kappa shape index (κ1) is 29.7. The van der Waals surface area contributed by atoms with Crippen LogP contribution in [-0.4, -0.2) is 27.4 Å². The van der Waals surface area contributed by atoms with E-state index in [4.69, 9.17) is 14.5 Å². The first-order valence-corrected chi connectivity index (χ1v) is 14.1. The van der Waals surface area contributed by atoms with Crippen LogP contribution >= 0.6 is 15.9 Å². The quantitative estimate of drug-likeness (QED) is 0.0720. The summed E-state index contributed by atoms with van der Waals surface area (Å²) in [7, 11) is 0. The summed E-state index contributed by atoms with van der Waals surface area (Å²) in [5.74, 6) is 1.60. The van der Waals surface area contributed by atoms with E-state index in [1.807, 2.05) is 39.0 Å². The summed E-state index contributed by atoms with van der Waals surface area (Å²) in [6.45, 7) is 10.3. The van der Waals surface area contributed by atoms with Gasteiger partial charge in [-0.05, 0) is 61.2 Å². The highest BCUT2D eigenvalue weighted by molar-refractivity contribution is 9.10. The van der Waals surface area contributed by atoms with Gasteiger partial charge in [0.05, 0.1) is 28.6 Å². The van der Waals surface area contributed by atoms with E-state index in [9.17, 15) is 14.9 Å². The fourth-order valence-corrected chi connectivity index (χ4v) is 4.67. The summed E-state index contributed by atoms with van der Waals surface area (Å²) in [5.41, 5.74) is 2.52. The number of aromatic nitrogens is 2. The van der Waals surface area contributed by atoms with E-state index in [1.54, 1.807) is 36.6 Å². The van der Waals surface area contributed by atoms with Crippen LogP contribution in [0.2, 0.25) is 0 Å². The van der Waals surface area contributed by atoms with Crippen LogP contribution in [0.25, 0.3) is 10.9 Å². The van der Waals surface area contributed by atoms with Crippen molar-refractivity contribution in [2.24, 2.45) is 5.10 Å². The van der Waals surface area contributed by atoms with Crippen molar-refractivity contribution in [1.29, 1.82) is 0 Å². The van der Waals surface area contributed by atoms with E-state index in [0.717, 1.165) is 16.5 Å². The minimum absolute atomic E-state index is 0.00320. The number of nitro benzene ring substituents is 1. The Morgan fingerprint density at radius 2 is 1.98 bits per heavy atom. The van der Waals surface area contributed by atoms with Gasteiger partial charge in [-0.25, -0.2) is 4.98 Å². The molecule has 3 aromatic carbocycles. The minimum atomic E-state index is -0.436. The van der Waals surface area contributed by atoms with Gasteiger partial charge in [0.2, 0.25) is 0 Å². The molecule has 9 nitrogen and oxygen atoms in total. The van der Waals surface area contributed by atoms with E-state index < -0.39 is 4.92 Å². The molecule has 0 amide bonds. The zero-order valence-corrected chi connectivity index (χ0v) is 24.8. The fraction of sp³-hybridized carbons (Fsp3) is 0.258. The zero-order valence-electron chi connectivity index (χ0n) is 23.2.